The lowest BCUT2D eigenvalue weighted by Gasteiger charge is -2.51. The zero-order chi connectivity index (χ0) is 25.0. The largest absolute Gasteiger partial charge is 0.368 e. The first kappa shape index (κ1) is 23.6. The number of rotatable bonds is 4. The minimum Gasteiger partial charge on any atom is -0.368 e. The Bertz CT molecular complexity index is 1260. The summed E-state index contributed by atoms with van der Waals surface area (Å²) in [6.45, 7) is 17.0. The Labute approximate surface area is 214 Å². The van der Waals surface area contributed by atoms with Crippen LogP contribution in [-0.4, -0.2) is 83.2 Å². The van der Waals surface area contributed by atoms with Crippen molar-refractivity contribution in [1.29, 1.82) is 0 Å². The summed E-state index contributed by atoms with van der Waals surface area (Å²) < 4.78 is 0. The van der Waals surface area contributed by atoms with Gasteiger partial charge in [0.15, 0.2) is 0 Å². The van der Waals surface area contributed by atoms with Gasteiger partial charge in [0.25, 0.3) is 0 Å². The first-order valence-corrected chi connectivity index (χ1v) is 13.4. The van der Waals surface area contributed by atoms with E-state index in [4.69, 9.17) is 10.7 Å². The van der Waals surface area contributed by atoms with E-state index in [1.807, 2.05) is 6.20 Å². The first-order chi connectivity index (χ1) is 17.3. The Balaban J connectivity index is 1.16. The number of aryl methyl sites for hydroxylation is 2. The van der Waals surface area contributed by atoms with Crippen molar-refractivity contribution in [3.8, 4) is 0 Å². The number of piperazine rings is 2. The van der Waals surface area contributed by atoms with Gasteiger partial charge in [0.05, 0.1) is 5.52 Å². The Hall–Kier alpha value is -2.74. The van der Waals surface area contributed by atoms with Gasteiger partial charge in [-0.2, -0.15) is 0 Å². The molecule has 2 N–H and O–H groups in total. The minimum atomic E-state index is -0.0830. The van der Waals surface area contributed by atoms with Gasteiger partial charge in [0.1, 0.15) is 5.82 Å². The lowest BCUT2D eigenvalue weighted by molar-refractivity contribution is 0.0316. The zero-order valence-electron chi connectivity index (χ0n) is 22.1. The summed E-state index contributed by atoms with van der Waals surface area (Å²) in [5.41, 5.74) is 12.3. The van der Waals surface area contributed by atoms with Crippen LogP contribution in [0.3, 0.4) is 0 Å². The topological polar surface area (TPSA) is 64.8 Å². The highest BCUT2D eigenvalue weighted by Crippen LogP contribution is 2.32. The fourth-order valence-corrected chi connectivity index (χ4v) is 6.49. The first-order valence-electron chi connectivity index (χ1n) is 13.4. The molecule has 3 fully saturated rings. The lowest BCUT2D eigenvalue weighted by Crippen LogP contribution is -2.65. The molecule has 36 heavy (non-hydrogen) atoms. The van der Waals surface area contributed by atoms with E-state index in [2.05, 4.69) is 88.7 Å². The summed E-state index contributed by atoms with van der Waals surface area (Å²) in [4.78, 5) is 19.8. The van der Waals surface area contributed by atoms with E-state index in [-0.39, 0.29) is 5.54 Å². The van der Waals surface area contributed by atoms with Crippen LogP contribution < -0.4 is 15.5 Å². The molecule has 7 heteroatoms. The number of anilines is 2. The van der Waals surface area contributed by atoms with E-state index in [0.717, 1.165) is 69.4 Å². The number of hydrogen-bond donors (Lipinski definition) is 1. The predicted octanol–water partition coefficient (Wildman–Crippen LogP) is 3.18. The van der Waals surface area contributed by atoms with Crippen LogP contribution in [-0.2, 0) is 6.54 Å². The number of hydrogen-bond acceptors (Lipinski definition) is 7. The molecule has 0 bridgehead atoms. The fourth-order valence-electron chi connectivity index (χ4n) is 6.49. The predicted molar refractivity (Wildman–Crippen MR) is 148 cm³/mol. The number of nitrogens with two attached hydrogens (primary N) is 1. The van der Waals surface area contributed by atoms with Crippen molar-refractivity contribution in [2.24, 2.45) is 5.73 Å². The number of pyridine rings is 2. The van der Waals surface area contributed by atoms with Crippen LogP contribution in [0.15, 0.2) is 42.6 Å². The molecule has 6 rings (SSSR count). The Morgan fingerprint density at radius 3 is 2.61 bits per heavy atom. The van der Waals surface area contributed by atoms with Crippen LogP contribution in [0, 0.1) is 13.8 Å². The molecule has 3 aliphatic rings. The molecule has 3 aromatic rings. The Kier molecular flexibility index (Phi) is 5.90. The van der Waals surface area contributed by atoms with Crippen molar-refractivity contribution in [3.05, 3.63) is 59.4 Å². The summed E-state index contributed by atoms with van der Waals surface area (Å²) in [7, 11) is 0. The molecular weight excluding hydrogens is 446 g/mol. The molecule has 5 heterocycles. The maximum absolute atomic E-state index is 6.20. The van der Waals surface area contributed by atoms with Gasteiger partial charge in [-0.1, -0.05) is 12.1 Å². The third kappa shape index (κ3) is 4.33. The minimum absolute atomic E-state index is 0.0830. The van der Waals surface area contributed by atoms with Crippen molar-refractivity contribution in [3.63, 3.8) is 0 Å². The van der Waals surface area contributed by atoms with Gasteiger partial charge in [-0.25, -0.2) is 4.98 Å². The average Bonchev–Trinajstić information content (AvgIpc) is 2.84. The summed E-state index contributed by atoms with van der Waals surface area (Å²) in [5, 5.41) is 1.27. The fraction of sp³-hybridized carbons (Fsp3) is 0.517. The molecule has 0 saturated carbocycles. The maximum atomic E-state index is 6.20. The monoisotopic (exact) mass is 485 g/mol. The van der Waals surface area contributed by atoms with Crippen LogP contribution in [0.25, 0.3) is 10.9 Å². The Morgan fingerprint density at radius 1 is 1.00 bits per heavy atom. The van der Waals surface area contributed by atoms with Gasteiger partial charge < -0.3 is 15.5 Å². The number of aromatic nitrogens is 2. The van der Waals surface area contributed by atoms with Gasteiger partial charge >= 0.3 is 0 Å². The molecule has 190 valence electrons. The maximum Gasteiger partial charge on any atom is 0.128 e. The molecule has 0 radical (unpaired) electrons. The second kappa shape index (κ2) is 8.98. The highest BCUT2D eigenvalue weighted by atomic mass is 15.4. The molecule has 1 aromatic carbocycles. The van der Waals surface area contributed by atoms with Crippen LogP contribution in [0.2, 0.25) is 0 Å². The second-order valence-corrected chi connectivity index (χ2v) is 11.6. The van der Waals surface area contributed by atoms with Gasteiger partial charge in [0, 0.05) is 92.9 Å². The van der Waals surface area contributed by atoms with Crippen molar-refractivity contribution in [2.75, 3.05) is 55.6 Å². The third-order valence-electron chi connectivity index (χ3n) is 8.39. The van der Waals surface area contributed by atoms with E-state index in [9.17, 15) is 0 Å². The average molecular weight is 486 g/mol. The van der Waals surface area contributed by atoms with Gasteiger partial charge in [-0.05, 0) is 63.1 Å². The standard InChI is InChI=1S/C29H39N7/c1-20-7-9-26(25-6-5-11-31-28(20)25)34-14-21(2)36-13-12-33(16-24(36)17-34)15-23-8-10-27(32-22(23)3)35-18-29(4,30)19-35/h5-11,21,24H,12-19,30H2,1-4H3/t21-,24+/m1/s1. The third-order valence-corrected chi connectivity index (χ3v) is 8.39. The molecule has 0 amide bonds. The van der Waals surface area contributed by atoms with Crippen molar-refractivity contribution >= 4 is 22.4 Å². The van der Waals surface area contributed by atoms with E-state index in [0.29, 0.717) is 12.1 Å². The highest BCUT2D eigenvalue weighted by Gasteiger charge is 2.37. The highest BCUT2D eigenvalue weighted by molar-refractivity contribution is 5.93. The molecule has 3 aliphatic heterocycles. The SMILES string of the molecule is Cc1nc(N2CC(C)(N)C2)ccc1CN1CCN2[C@@H](C1)CN(c1ccc(C)c3ncccc13)C[C@H]2C. The van der Waals surface area contributed by atoms with E-state index >= 15 is 0 Å². The van der Waals surface area contributed by atoms with Crippen LogP contribution >= 0.6 is 0 Å². The van der Waals surface area contributed by atoms with Gasteiger partial charge in [0.2, 0.25) is 0 Å². The normalized spacial score (nSPS) is 24.6. The molecule has 3 saturated heterocycles. The summed E-state index contributed by atoms with van der Waals surface area (Å²) in [6.07, 6.45) is 1.90. The molecule has 7 nitrogen and oxygen atoms in total. The molecule has 0 spiro atoms. The molecule has 0 unspecified atom stereocenters. The van der Waals surface area contributed by atoms with Crippen molar-refractivity contribution in [2.45, 2.75) is 51.9 Å². The van der Waals surface area contributed by atoms with Crippen LogP contribution in [0.4, 0.5) is 11.5 Å². The zero-order valence-corrected chi connectivity index (χ0v) is 22.1. The molecule has 2 atom stereocenters. The number of nitrogens with zero attached hydrogens (tertiary/aromatic N) is 6. The van der Waals surface area contributed by atoms with E-state index < -0.39 is 0 Å². The summed E-state index contributed by atoms with van der Waals surface area (Å²) >= 11 is 0. The van der Waals surface area contributed by atoms with E-state index in [1.54, 1.807) is 0 Å². The molecule has 2 aromatic heterocycles. The lowest BCUT2D eigenvalue weighted by atomic mass is 9.94. The summed E-state index contributed by atoms with van der Waals surface area (Å²) in [6, 6.07) is 14.3. The number of benzene rings is 1. The second-order valence-electron chi connectivity index (χ2n) is 11.6. The smallest absolute Gasteiger partial charge is 0.128 e. The van der Waals surface area contributed by atoms with Crippen molar-refractivity contribution < 1.29 is 0 Å². The van der Waals surface area contributed by atoms with Gasteiger partial charge in [-0.3, -0.25) is 14.8 Å². The van der Waals surface area contributed by atoms with Crippen LogP contribution in [0.5, 0.6) is 0 Å². The van der Waals surface area contributed by atoms with E-state index in [1.165, 1.54) is 22.2 Å². The molecular formula is C29H39N7. The van der Waals surface area contributed by atoms with Crippen LogP contribution in [0.1, 0.15) is 30.7 Å². The summed E-state index contributed by atoms with van der Waals surface area (Å²) in [5.74, 6) is 1.06. The van der Waals surface area contributed by atoms with Gasteiger partial charge in [-0.15, -0.1) is 0 Å². The quantitative estimate of drug-likeness (QED) is 0.609. The number of fused-ring (bicyclic) bond motifs is 2. The Morgan fingerprint density at radius 2 is 1.83 bits per heavy atom. The molecule has 0 aliphatic carbocycles. The van der Waals surface area contributed by atoms with Crippen molar-refractivity contribution in [1.82, 2.24) is 19.8 Å².